The third kappa shape index (κ3) is 3.03. The smallest absolute Gasteiger partial charge is 0.248 e. The molecule has 1 saturated carbocycles. The number of hydrogen-bond acceptors (Lipinski definition) is 3. The number of nitrogens with two attached hydrogens (primary N) is 1. The highest BCUT2D eigenvalue weighted by Crippen LogP contribution is 2.46. The third-order valence-corrected chi connectivity index (χ3v) is 5.39. The van der Waals surface area contributed by atoms with Crippen LogP contribution in [0.1, 0.15) is 56.3 Å². The van der Waals surface area contributed by atoms with Gasteiger partial charge >= 0.3 is 0 Å². The zero-order valence-corrected chi connectivity index (χ0v) is 14.8. The van der Waals surface area contributed by atoms with Crippen molar-refractivity contribution in [2.75, 3.05) is 0 Å². The molecule has 130 valence electrons. The number of Topliss-reactive ketones (excluding diaryl/α,β-unsaturated/α-hetero) is 1. The number of rotatable bonds is 4. The van der Waals surface area contributed by atoms with Crippen LogP contribution in [-0.4, -0.2) is 22.4 Å². The Bertz CT molecular complexity index is 814. The molecule has 0 radical (unpaired) electrons. The summed E-state index contributed by atoms with van der Waals surface area (Å²) in [5.41, 5.74) is 8.61. The molecule has 3 aliphatic rings. The molecule has 1 aromatic rings. The molecule has 0 aromatic heterocycles. The van der Waals surface area contributed by atoms with Crippen LogP contribution in [0.5, 0.6) is 0 Å². The zero-order valence-electron chi connectivity index (χ0n) is 14.8. The lowest BCUT2D eigenvalue weighted by Gasteiger charge is -2.27. The van der Waals surface area contributed by atoms with Crippen molar-refractivity contribution in [1.82, 2.24) is 0 Å². The summed E-state index contributed by atoms with van der Waals surface area (Å²) in [5, 5.41) is 4.90. The van der Waals surface area contributed by atoms with E-state index in [-0.39, 0.29) is 17.2 Å². The highest BCUT2D eigenvalue weighted by Gasteiger charge is 2.48. The molecule has 0 saturated heterocycles. The highest BCUT2D eigenvalue weighted by atomic mass is 16.1. The normalized spacial score (nSPS) is 25.0. The molecule has 1 atom stereocenters. The van der Waals surface area contributed by atoms with Gasteiger partial charge in [0.1, 0.15) is 6.04 Å². The lowest BCUT2D eigenvalue weighted by Crippen LogP contribution is -2.29. The number of carbonyl (C=O) groups excluding carboxylic acids is 2. The number of ketones is 1. The monoisotopic (exact) mass is 338 g/mol. The molecule has 2 N–H and O–H groups in total. The molecule has 5 nitrogen and oxygen atoms in total. The van der Waals surface area contributed by atoms with Crippen LogP contribution in [0, 0.1) is 11.3 Å². The van der Waals surface area contributed by atoms with Crippen LogP contribution in [0.15, 0.2) is 40.6 Å². The van der Waals surface area contributed by atoms with E-state index in [9.17, 15) is 9.59 Å². The SMILES string of the molecule is CC1(C)CC(=O)C2=C(C1)[N+](c1ccc(C(N)=O)cc1)=NC2CC1CC1. The summed E-state index contributed by atoms with van der Waals surface area (Å²) >= 11 is 0. The minimum absolute atomic E-state index is 0.0121. The van der Waals surface area contributed by atoms with E-state index < -0.39 is 5.91 Å². The fraction of sp³-hybridized carbons (Fsp3) is 0.500. The van der Waals surface area contributed by atoms with E-state index in [4.69, 9.17) is 10.8 Å². The summed E-state index contributed by atoms with van der Waals surface area (Å²) < 4.78 is 1.94. The predicted molar refractivity (Wildman–Crippen MR) is 93.5 cm³/mol. The van der Waals surface area contributed by atoms with E-state index in [1.165, 1.54) is 12.8 Å². The van der Waals surface area contributed by atoms with Gasteiger partial charge in [-0.05, 0) is 35.0 Å². The molecule has 2 aliphatic carbocycles. The Morgan fingerprint density at radius 1 is 1.24 bits per heavy atom. The molecule has 1 fully saturated rings. The fourth-order valence-electron chi connectivity index (χ4n) is 3.96. The number of azo groups is 2. The van der Waals surface area contributed by atoms with Gasteiger partial charge in [-0.1, -0.05) is 31.4 Å². The van der Waals surface area contributed by atoms with E-state index in [1.807, 2.05) is 16.8 Å². The lowest BCUT2D eigenvalue weighted by molar-refractivity contribution is -0.461. The first-order valence-electron chi connectivity index (χ1n) is 9.01. The van der Waals surface area contributed by atoms with Gasteiger partial charge in [-0.3, -0.25) is 9.59 Å². The molecular formula is C20H24N3O2+. The summed E-state index contributed by atoms with van der Waals surface area (Å²) in [6.45, 7) is 4.27. The summed E-state index contributed by atoms with van der Waals surface area (Å²) in [6.07, 6.45) is 4.91. The zero-order chi connectivity index (χ0) is 17.8. The van der Waals surface area contributed by atoms with Crippen LogP contribution >= 0.6 is 0 Å². The largest absolute Gasteiger partial charge is 0.366 e. The summed E-state index contributed by atoms with van der Waals surface area (Å²) in [6, 6.07) is 7.15. The molecule has 5 heteroatoms. The third-order valence-electron chi connectivity index (χ3n) is 5.39. The number of hydrogen-bond donors (Lipinski definition) is 1. The van der Waals surface area contributed by atoms with Gasteiger partial charge in [-0.15, -0.1) is 0 Å². The van der Waals surface area contributed by atoms with Crippen molar-refractivity contribution < 1.29 is 14.3 Å². The lowest BCUT2D eigenvalue weighted by atomic mass is 9.74. The molecular weight excluding hydrogens is 314 g/mol. The molecule has 1 heterocycles. The average Bonchev–Trinajstić information content (AvgIpc) is 3.27. The molecule has 0 spiro atoms. The summed E-state index contributed by atoms with van der Waals surface area (Å²) in [7, 11) is 0. The van der Waals surface area contributed by atoms with Crippen LogP contribution in [0.4, 0.5) is 5.69 Å². The maximum Gasteiger partial charge on any atom is 0.248 e. The number of carbonyl (C=O) groups is 2. The quantitative estimate of drug-likeness (QED) is 0.850. The maximum atomic E-state index is 12.8. The maximum absolute atomic E-state index is 12.8. The van der Waals surface area contributed by atoms with Gasteiger partial charge in [0.25, 0.3) is 0 Å². The number of nitrogens with zero attached hydrogens (tertiary/aromatic N) is 2. The van der Waals surface area contributed by atoms with E-state index in [0.717, 1.165) is 29.8 Å². The van der Waals surface area contributed by atoms with Crippen LogP contribution in [0.25, 0.3) is 0 Å². The standard InChI is InChI=1S/C20H23N3O2/c1-20(2)10-16-18(17(24)11-20)15(9-12-3-4-12)22-23(16)14-7-5-13(6-8-14)19(21)25/h5-8,12,15H,3-4,9-11H2,1-2H3,(H-,21,25)/p+1. The first-order chi connectivity index (χ1) is 11.8. The van der Waals surface area contributed by atoms with Gasteiger partial charge in [0.15, 0.2) is 5.78 Å². The fourth-order valence-corrected chi connectivity index (χ4v) is 3.96. The van der Waals surface area contributed by atoms with Crippen molar-refractivity contribution in [3.05, 3.63) is 41.1 Å². The predicted octanol–water partition coefficient (Wildman–Crippen LogP) is 3.71. The molecule has 4 rings (SSSR count). The highest BCUT2D eigenvalue weighted by molar-refractivity contribution is 5.98. The first-order valence-corrected chi connectivity index (χ1v) is 9.01. The van der Waals surface area contributed by atoms with Gasteiger partial charge in [0.05, 0.1) is 5.57 Å². The number of amides is 1. The number of benzene rings is 1. The molecule has 25 heavy (non-hydrogen) atoms. The second-order valence-corrected chi connectivity index (χ2v) is 8.33. The topological polar surface area (TPSA) is 75.5 Å². The molecule has 1 amide bonds. The van der Waals surface area contributed by atoms with Gasteiger partial charge in [-0.2, -0.15) is 0 Å². The molecule has 1 aliphatic heterocycles. The Labute approximate surface area is 147 Å². The first kappa shape index (κ1) is 16.2. The van der Waals surface area contributed by atoms with Crippen LogP contribution < -0.4 is 5.73 Å². The average molecular weight is 338 g/mol. The van der Waals surface area contributed by atoms with E-state index >= 15 is 0 Å². The number of allylic oxidation sites excluding steroid dienone is 1. The van der Waals surface area contributed by atoms with E-state index in [2.05, 4.69) is 13.8 Å². The summed E-state index contributed by atoms with van der Waals surface area (Å²) in [5.74, 6) is 0.518. The minimum Gasteiger partial charge on any atom is -0.366 e. The summed E-state index contributed by atoms with van der Waals surface area (Å²) in [4.78, 5) is 24.1. The van der Waals surface area contributed by atoms with Crippen LogP contribution in [0.2, 0.25) is 0 Å². The molecule has 1 unspecified atom stereocenters. The van der Waals surface area contributed by atoms with Crippen molar-refractivity contribution >= 4 is 17.4 Å². The Morgan fingerprint density at radius 2 is 1.92 bits per heavy atom. The Hall–Kier alpha value is -2.30. The molecule has 0 bridgehead atoms. The molecule has 1 aromatic carbocycles. The van der Waals surface area contributed by atoms with Crippen LogP contribution in [0.3, 0.4) is 0 Å². The van der Waals surface area contributed by atoms with E-state index in [1.54, 1.807) is 12.1 Å². The minimum atomic E-state index is -0.439. The van der Waals surface area contributed by atoms with Crippen LogP contribution in [-0.2, 0) is 4.79 Å². The van der Waals surface area contributed by atoms with Gasteiger partial charge in [-0.25, -0.2) is 0 Å². The second kappa shape index (κ2) is 5.61. The number of primary amides is 1. The Morgan fingerprint density at radius 3 is 2.52 bits per heavy atom. The van der Waals surface area contributed by atoms with Gasteiger partial charge in [0, 0.05) is 30.5 Å². The second-order valence-electron chi connectivity index (χ2n) is 8.33. The van der Waals surface area contributed by atoms with Crippen molar-refractivity contribution in [1.29, 1.82) is 0 Å². The van der Waals surface area contributed by atoms with Crippen molar-refractivity contribution in [2.45, 2.75) is 52.0 Å². The Kier molecular flexibility index (Phi) is 3.63. The van der Waals surface area contributed by atoms with Crippen molar-refractivity contribution in [3.8, 4) is 0 Å². The van der Waals surface area contributed by atoms with Crippen molar-refractivity contribution in [2.24, 2.45) is 22.2 Å². The Balaban J connectivity index is 1.74. The van der Waals surface area contributed by atoms with Gasteiger partial charge < -0.3 is 5.73 Å². The van der Waals surface area contributed by atoms with Gasteiger partial charge in [0.2, 0.25) is 17.3 Å². The van der Waals surface area contributed by atoms with Crippen molar-refractivity contribution in [3.63, 3.8) is 0 Å². The van der Waals surface area contributed by atoms with E-state index in [0.29, 0.717) is 17.9 Å².